The number of furan rings is 1. The summed E-state index contributed by atoms with van der Waals surface area (Å²) in [5.74, 6) is 0.254. The van der Waals surface area contributed by atoms with Gasteiger partial charge in [-0.25, -0.2) is 0 Å². The third kappa shape index (κ3) is 1.99. The molecule has 0 N–H and O–H groups in total. The molecule has 5 rings (SSSR count). The Hall–Kier alpha value is -3.47. The van der Waals surface area contributed by atoms with Crippen molar-refractivity contribution >= 4 is 39.7 Å². The van der Waals surface area contributed by atoms with Gasteiger partial charge in [0.05, 0.1) is 5.57 Å². The van der Waals surface area contributed by atoms with Crippen LogP contribution < -0.4 is 0 Å². The van der Waals surface area contributed by atoms with E-state index >= 15 is 0 Å². The minimum absolute atomic E-state index is 0.0610. The Morgan fingerprint density at radius 1 is 0.920 bits per heavy atom. The normalized spacial score (nSPS) is 13.9. The summed E-state index contributed by atoms with van der Waals surface area (Å²) >= 11 is 0. The number of oxazole rings is 1. The van der Waals surface area contributed by atoms with E-state index < -0.39 is 0 Å². The smallest absolute Gasteiger partial charge is 0.266 e. The van der Waals surface area contributed by atoms with Crippen LogP contribution in [0.4, 0.5) is 0 Å². The van der Waals surface area contributed by atoms with Crippen molar-refractivity contribution in [3.8, 4) is 0 Å². The lowest BCUT2D eigenvalue weighted by molar-refractivity contribution is 0.0990. The number of allylic oxidation sites excluding steroid dienone is 1. The predicted molar refractivity (Wildman–Crippen MR) is 91.6 cm³/mol. The van der Waals surface area contributed by atoms with Crippen LogP contribution in [0.3, 0.4) is 0 Å². The second-order valence-electron chi connectivity index (χ2n) is 6.04. The van der Waals surface area contributed by atoms with E-state index in [1.807, 2.05) is 24.3 Å². The topological polar surface area (TPSA) is 73.3 Å². The van der Waals surface area contributed by atoms with Gasteiger partial charge in [-0.05, 0) is 29.8 Å². The van der Waals surface area contributed by atoms with Crippen LogP contribution in [0.2, 0.25) is 0 Å². The summed E-state index contributed by atoms with van der Waals surface area (Å²) in [7, 11) is 0. The van der Waals surface area contributed by atoms with Gasteiger partial charge in [-0.1, -0.05) is 24.3 Å². The van der Waals surface area contributed by atoms with Crippen LogP contribution >= 0.6 is 0 Å². The third-order valence-corrected chi connectivity index (χ3v) is 4.36. The number of ketones is 2. The largest absolute Gasteiger partial charge is 0.441 e. The van der Waals surface area contributed by atoms with Crippen LogP contribution in [0.1, 0.15) is 32.4 Å². The van der Waals surface area contributed by atoms with Crippen LogP contribution in [-0.2, 0) is 0 Å². The first-order valence-electron chi connectivity index (χ1n) is 7.81. The highest BCUT2D eigenvalue weighted by Gasteiger charge is 2.34. The number of carbonyl (C=O) groups excluding carboxylic acids is 2. The Balaban J connectivity index is 1.64. The minimum Gasteiger partial charge on any atom is -0.441 e. The van der Waals surface area contributed by atoms with E-state index in [1.54, 1.807) is 25.1 Å². The fourth-order valence-corrected chi connectivity index (χ4v) is 3.19. The molecule has 0 bridgehead atoms. The molecule has 1 aliphatic rings. The molecule has 1 aliphatic carbocycles. The fraction of sp³-hybridized carbons (Fsp3) is 0.0500. The van der Waals surface area contributed by atoms with E-state index in [1.165, 1.54) is 6.08 Å². The molecule has 4 aromatic rings. The monoisotopic (exact) mass is 329 g/mol. The molecule has 0 unspecified atom stereocenters. The van der Waals surface area contributed by atoms with Crippen molar-refractivity contribution in [3.63, 3.8) is 0 Å². The summed E-state index contributed by atoms with van der Waals surface area (Å²) < 4.78 is 10.9. The molecule has 0 spiro atoms. The number of fused-ring (bicyclic) bond motifs is 3. The average molecular weight is 329 g/mol. The lowest BCUT2D eigenvalue weighted by Gasteiger charge is -2.00. The van der Waals surface area contributed by atoms with Gasteiger partial charge in [0.1, 0.15) is 5.76 Å². The predicted octanol–water partition coefficient (Wildman–Crippen LogP) is 4.35. The van der Waals surface area contributed by atoms with Gasteiger partial charge in [-0.3, -0.25) is 9.59 Å². The van der Waals surface area contributed by atoms with Gasteiger partial charge < -0.3 is 8.83 Å². The first-order chi connectivity index (χ1) is 12.1. The fourth-order valence-electron chi connectivity index (χ4n) is 3.19. The highest BCUT2D eigenvalue weighted by atomic mass is 16.4. The molecule has 25 heavy (non-hydrogen) atoms. The minimum atomic E-state index is -0.309. The zero-order valence-electron chi connectivity index (χ0n) is 13.2. The van der Waals surface area contributed by atoms with Crippen molar-refractivity contribution < 1.29 is 18.4 Å². The van der Waals surface area contributed by atoms with E-state index in [2.05, 4.69) is 4.98 Å². The summed E-state index contributed by atoms with van der Waals surface area (Å²) in [6, 6.07) is 12.9. The highest BCUT2D eigenvalue weighted by molar-refractivity contribution is 6.41. The molecule has 0 radical (unpaired) electrons. The number of rotatable bonds is 1. The first-order valence-corrected chi connectivity index (χ1v) is 7.81. The van der Waals surface area contributed by atoms with Gasteiger partial charge in [0, 0.05) is 23.3 Å². The molecule has 0 atom stereocenters. The van der Waals surface area contributed by atoms with Crippen LogP contribution in [0.5, 0.6) is 0 Å². The number of Topliss-reactive ketones (excluding diaryl/α,β-unsaturated/α-hetero) is 2. The van der Waals surface area contributed by atoms with Crippen molar-refractivity contribution in [2.24, 2.45) is 0 Å². The zero-order valence-corrected chi connectivity index (χ0v) is 13.2. The SMILES string of the molecule is Cc1cc2oc(C=C3C(=O)c4cc5ccccc5cc4C3=O)nc2o1. The summed E-state index contributed by atoms with van der Waals surface area (Å²) in [6.45, 7) is 1.79. The molecule has 2 heterocycles. The van der Waals surface area contributed by atoms with Crippen LogP contribution in [-0.4, -0.2) is 16.6 Å². The summed E-state index contributed by atoms with van der Waals surface area (Å²) in [5, 5.41) is 1.85. The maximum Gasteiger partial charge on any atom is 0.266 e. The molecule has 5 heteroatoms. The Morgan fingerprint density at radius 2 is 1.56 bits per heavy atom. The van der Waals surface area contributed by atoms with Gasteiger partial charge in [-0.15, -0.1) is 0 Å². The summed E-state index contributed by atoms with van der Waals surface area (Å²) in [6.07, 6.45) is 1.39. The second kappa shape index (κ2) is 4.77. The second-order valence-corrected chi connectivity index (χ2v) is 6.04. The Kier molecular flexibility index (Phi) is 2.65. The van der Waals surface area contributed by atoms with E-state index in [9.17, 15) is 9.59 Å². The van der Waals surface area contributed by atoms with Crippen molar-refractivity contribution in [2.45, 2.75) is 6.92 Å². The van der Waals surface area contributed by atoms with Crippen molar-refractivity contribution in [2.75, 3.05) is 0 Å². The maximum atomic E-state index is 12.7. The molecule has 0 saturated heterocycles. The molecular formula is C20H11NO4. The lowest BCUT2D eigenvalue weighted by atomic mass is 10.0. The van der Waals surface area contributed by atoms with Crippen molar-refractivity contribution in [3.05, 3.63) is 70.8 Å². The van der Waals surface area contributed by atoms with Gasteiger partial charge in [-0.2, -0.15) is 4.98 Å². The number of benzene rings is 2. The molecule has 0 saturated carbocycles. The van der Waals surface area contributed by atoms with E-state index in [4.69, 9.17) is 8.83 Å². The number of hydrogen-bond donors (Lipinski definition) is 0. The quantitative estimate of drug-likeness (QED) is 0.383. The van der Waals surface area contributed by atoms with Crippen LogP contribution in [0.15, 0.2) is 56.9 Å². The molecule has 5 nitrogen and oxygen atoms in total. The zero-order chi connectivity index (χ0) is 17.1. The highest BCUT2D eigenvalue weighted by Crippen LogP contribution is 2.32. The first kappa shape index (κ1) is 13.9. The number of nitrogens with zero attached hydrogens (tertiary/aromatic N) is 1. The maximum absolute atomic E-state index is 12.7. The molecule has 0 fully saturated rings. The number of aryl methyl sites for hydroxylation is 1. The van der Waals surface area contributed by atoms with Gasteiger partial charge in [0.15, 0.2) is 17.1 Å². The Bertz CT molecular complexity index is 1150. The average Bonchev–Trinajstić information content (AvgIpc) is 3.20. The Morgan fingerprint density at radius 3 is 2.16 bits per heavy atom. The van der Waals surface area contributed by atoms with Gasteiger partial charge in [0.2, 0.25) is 5.89 Å². The van der Waals surface area contributed by atoms with Crippen molar-refractivity contribution in [1.29, 1.82) is 0 Å². The molecule has 0 amide bonds. The Labute approximate surface area is 141 Å². The number of carbonyl (C=O) groups is 2. The van der Waals surface area contributed by atoms with Gasteiger partial charge >= 0.3 is 0 Å². The summed E-state index contributed by atoms with van der Waals surface area (Å²) in [4.78, 5) is 29.5. The molecule has 2 aromatic carbocycles. The molecule has 120 valence electrons. The van der Waals surface area contributed by atoms with E-state index in [-0.39, 0.29) is 23.0 Å². The third-order valence-electron chi connectivity index (χ3n) is 4.36. The lowest BCUT2D eigenvalue weighted by Crippen LogP contribution is -2.00. The number of aromatic nitrogens is 1. The van der Waals surface area contributed by atoms with Crippen LogP contribution in [0.25, 0.3) is 28.1 Å². The molecular weight excluding hydrogens is 318 g/mol. The number of hydrogen-bond acceptors (Lipinski definition) is 5. The van der Waals surface area contributed by atoms with Crippen molar-refractivity contribution in [1.82, 2.24) is 4.98 Å². The van der Waals surface area contributed by atoms with E-state index in [0.717, 1.165) is 10.8 Å². The van der Waals surface area contributed by atoms with E-state index in [0.29, 0.717) is 28.2 Å². The molecule has 2 aromatic heterocycles. The standard InChI is InChI=1S/C20H11NO4/c1-10-6-16-20(24-10)21-17(25-16)9-15-18(22)13-7-11-4-2-3-5-12(11)8-14(13)19(15)23/h2-9H,1H3. The van der Waals surface area contributed by atoms with Gasteiger partial charge in [0.25, 0.3) is 5.71 Å². The van der Waals surface area contributed by atoms with Crippen LogP contribution in [0, 0.1) is 6.92 Å². The molecule has 0 aliphatic heterocycles. The summed E-state index contributed by atoms with van der Waals surface area (Å²) in [5.41, 5.74) is 1.74.